The highest BCUT2D eigenvalue weighted by Gasteiger charge is 2.70. The normalized spacial score (nSPS) is 36.0. The molecule has 1 saturated carbocycles. The monoisotopic (exact) mass is 195 g/mol. The number of rotatable bonds is 3. The second-order valence-corrected chi connectivity index (χ2v) is 4.12. The minimum Gasteiger partial charge on any atom is -0.330 e. The molecule has 2 N–H and O–H groups in total. The maximum atomic E-state index is 12.7. The first-order chi connectivity index (χ1) is 5.86. The molecule has 3 atom stereocenters. The molecule has 0 aliphatic heterocycles. The Labute approximate surface area is 76.5 Å². The van der Waals surface area contributed by atoms with Crippen LogP contribution in [0.15, 0.2) is 0 Å². The van der Waals surface area contributed by atoms with Crippen molar-refractivity contribution in [1.29, 1.82) is 0 Å². The first-order valence-electron chi connectivity index (χ1n) is 4.63. The lowest BCUT2D eigenvalue weighted by atomic mass is 9.85. The first kappa shape index (κ1) is 10.8. The zero-order chi connectivity index (χ0) is 10.3. The van der Waals surface area contributed by atoms with Gasteiger partial charge in [0.15, 0.2) is 0 Å². The summed E-state index contributed by atoms with van der Waals surface area (Å²) in [5.41, 5.74) is 3.85. The average molecular weight is 195 g/mol. The Bertz CT molecular complexity index is 190. The van der Waals surface area contributed by atoms with Crippen LogP contribution in [0.25, 0.3) is 0 Å². The van der Waals surface area contributed by atoms with Gasteiger partial charge in [-0.25, -0.2) is 0 Å². The number of nitrogens with two attached hydrogens (primary N) is 1. The van der Waals surface area contributed by atoms with Gasteiger partial charge in [-0.1, -0.05) is 13.8 Å². The SMILES string of the molecule is C[C@@H](CCN)[C@@]1(C(F)(F)F)C[C@@H]1C. The molecule has 0 spiro atoms. The standard InChI is InChI=1S/C9H16F3N/c1-6(3-4-13)8(5-7(8)2)9(10,11)12/h6-7H,3-5,13H2,1-2H3/t6-,7-,8-/m0/s1. The molecular formula is C9H16F3N. The lowest BCUT2D eigenvalue weighted by Crippen LogP contribution is -2.33. The van der Waals surface area contributed by atoms with E-state index in [2.05, 4.69) is 0 Å². The fourth-order valence-electron chi connectivity index (χ4n) is 2.32. The largest absolute Gasteiger partial charge is 0.395 e. The zero-order valence-corrected chi connectivity index (χ0v) is 7.99. The molecule has 4 heteroatoms. The van der Waals surface area contributed by atoms with Crippen LogP contribution in [-0.2, 0) is 0 Å². The average Bonchev–Trinajstić information content (AvgIpc) is 2.62. The number of halogens is 3. The predicted molar refractivity (Wildman–Crippen MR) is 45.1 cm³/mol. The summed E-state index contributed by atoms with van der Waals surface area (Å²) < 4.78 is 38.0. The molecule has 1 aliphatic carbocycles. The fraction of sp³-hybridized carbons (Fsp3) is 1.00. The lowest BCUT2D eigenvalue weighted by molar-refractivity contribution is -0.206. The van der Waals surface area contributed by atoms with E-state index in [1.807, 2.05) is 0 Å². The Kier molecular flexibility index (Phi) is 2.63. The Morgan fingerprint density at radius 2 is 2.00 bits per heavy atom. The van der Waals surface area contributed by atoms with Crippen LogP contribution in [0.3, 0.4) is 0 Å². The summed E-state index contributed by atoms with van der Waals surface area (Å²) in [5.74, 6) is -0.568. The summed E-state index contributed by atoms with van der Waals surface area (Å²) in [7, 11) is 0. The highest BCUT2D eigenvalue weighted by Crippen LogP contribution is 2.66. The third kappa shape index (κ3) is 1.56. The molecule has 0 aromatic heterocycles. The fourth-order valence-corrected chi connectivity index (χ4v) is 2.32. The smallest absolute Gasteiger partial charge is 0.330 e. The second kappa shape index (κ2) is 3.15. The van der Waals surface area contributed by atoms with Gasteiger partial charge in [0.2, 0.25) is 0 Å². The lowest BCUT2D eigenvalue weighted by Gasteiger charge is -2.26. The minimum absolute atomic E-state index is 0.228. The van der Waals surface area contributed by atoms with Crippen LogP contribution < -0.4 is 5.73 Å². The van der Waals surface area contributed by atoms with E-state index in [1.54, 1.807) is 13.8 Å². The maximum absolute atomic E-state index is 12.7. The van der Waals surface area contributed by atoms with Gasteiger partial charge in [-0.2, -0.15) is 13.2 Å². The van der Waals surface area contributed by atoms with Crippen molar-refractivity contribution in [2.75, 3.05) is 6.54 Å². The minimum atomic E-state index is -4.05. The Morgan fingerprint density at radius 3 is 2.23 bits per heavy atom. The molecule has 1 nitrogen and oxygen atoms in total. The highest BCUT2D eigenvalue weighted by molar-refractivity contribution is 5.07. The first-order valence-corrected chi connectivity index (χ1v) is 4.63. The van der Waals surface area contributed by atoms with Crippen molar-refractivity contribution in [3.8, 4) is 0 Å². The van der Waals surface area contributed by atoms with Gasteiger partial charge >= 0.3 is 6.18 Å². The zero-order valence-electron chi connectivity index (χ0n) is 7.99. The summed E-state index contributed by atoms with van der Waals surface area (Å²) >= 11 is 0. The third-order valence-electron chi connectivity index (χ3n) is 3.37. The van der Waals surface area contributed by atoms with Gasteiger partial charge in [-0.05, 0) is 31.2 Å². The number of alkyl halides is 3. The van der Waals surface area contributed by atoms with Gasteiger partial charge in [-0.3, -0.25) is 0 Å². The molecule has 0 radical (unpaired) electrons. The quantitative estimate of drug-likeness (QED) is 0.735. The van der Waals surface area contributed by atoms with Gasteiger partial charge in [0.05, 0.1) is 5.41 Å². The van der Waals surface area contributed by atoms with Crippen molar-refractivity contribution in [3.05, 3.63) is 0 Å². The van der Waals surface area contributed by atoms with Crippen molar-refractivity contribution in [2.24, 2.45) is 23.0 Å². The van der Waals surface area contributed by atoms with Crippen LogP contribution in [0.5, 0.6) is 0 Å². The molecule has 0 aromatic rings. The summed E-state index contributed by atoms with van der Waals surface area (Å²) in [6, 6.07) is 0. The summed E-state index contributed by atoms with van der Waals surface area (Å²) in [6.45, 7) is 3.66. The molecule has 78 valence electrons. The van der Waals surface area contributed by atoms with E-state index >= 15 is 0 Å². The molecule has 0 amide bonds. The van der Waals surface area contributed by atoms with E-state index in [1.165, 1.54) is 0 Å². The van der Waals surface area contributed by atoms with Gasteiger partial charge in [-0.15, -0.1) is 0 Å². The van der Waals surface area contributed by atoms with Crippen LogP contribution in [-0.4, -0.2) is 12.7 Å². The van der Waals surface area contributed by atoms with Gasteiger partial charge in [0.1, 0.15) is 0 Å². The van der Waals surface area contributed by atoms with E-state index < -0.39 is 11.6 Å². The summed E-state index contributed by atoms with van der Waals surface area (Å²) in [5, 5.41) is 0. The molecule has 0 bridgehead atoms. The van der Waals surface area contributed by atoms with Crippen molar-refractivity contribution < 1.29 is 13.2 Å². The molecular weight excluding hydrogens is 179 g/mol. The van der Waals surface area contributed by atoms with Gasteiger partial charge in [0, 0.05) is 0 Å². The summed E-state index contributed by atoms with van der Waals surface area (Å²) in [4.78, 5) is 0. The molecule has 1 rings (SSSR count). The van der Waals surface area contributed by atoms with E-state index in [-0.39, 0.29) is 18.3 Å². The topological polar surface area (TPSA) is 26.0 Å². The van der Waals surface area contributed by atoms with Gasteiger partial charge in [0.25, 0.3) is 0 Å². The third-order valence-corrected chi connectivity index (χ3v) is 3.37. The maximum Gasteiger partial charge on any atom is 0.395 e. The second-order valence-electron chi connectivity index (χ2n) is 4.12. The van der Waals surface area contributed by atoms with Crippen LogP contribution in [0.2, 0.25) is 0 Å². The van der Waals surface area contributed by atoms with Crippen molar-refractivity contribution in [1.82, 2.24) is 0 Å². The van der Waals surface area contributed by atoms with Crippen LogP contribution in [0.4, 0.5) is 13.2 Å². The Balaban J connectivity index is 2.73. The van der Waals surface area contributed by atoms with Crippen molar-refractivity contribution >= 4 is 0 Å². The summed E-state index contributed by atoms with van der Waals surface area (Å²) in [6.07, 6.45) is -3.32. The van der Waals surface area contributed by atoms with Crippen LogP contribution in [0, 0.1) is 17.3 Å². The van der Waals surface area contributed by atoms with Crippen LogP contribution in [0.1, 0.15) is 26.7 Å². The van der Waals surface area contributed by atoms with E-state index in [9.17, 15) is 13.2 Å². The van der Waals surface area contributed by atoms with Gasteiger partial charge < -0.3 is 5.73 Å². The van der Waals surface area contributed by atoms with E-state index in [0.717, 1.165) is 0 Å². The molecule has 1 aliphatic rings. The number of hydrogen-bond donors (Lipinski definition) is 1. The molecule has 0 heterocycles. The van der Waals surface area contributed by atoms with Crippen molar-refractivity contribution in [3.63, 3.8) is 0 Å². The molecule has 0 unspecified atom stereocenters. The predicted octanol–water partition coefficient (Wildman–Crippen LogP) is 2.56. The number of hydrogen-bond acceptors (Lipinski definition) is 1. The van der Waals surface area contributed by atoms with Crippen molar-refractivity contribution in [2.45, 2.75) is 32.9 Å². The van der Waals surface area contributed by atoms with E-state index in [0.29, 0.717) is 13.0 Å². The highest BCUT2D eigenvalue weighted by atomic mass is 19.4. The molecule has 0 saturated heterocycles. The molecule has 1 fully saturated rings. The Hall–Kier alpha value is -0.250. The molecule has 0 aromatic carbocycles. The Morgan fingerprint density at radius 1 is 1.54 bits per heavy atom. The van der Waals surface area contributed by atoms with E-state index in [4.69, 9.17) is 5.73 Å². The molecule has 13 heavy (non-hydrogen) atoms. The van der Waals surface area contributed by atoms with Crippen LogP contribution >= 0.6 is 0 Å².